The number of aryl methyl sites for hydroxylation is 1. The Morgan fingerprint density at radius 2 is 2.19 bits per heavy atom. The standard InChI is InChI=1S/C10H12N4O2/c1-14-4-3-7(13-14)10(15)8-5-9(16-2)12-6-11-8/h3-6,10,15H,1-2H3. The van der Waals surface area contributed by atoms with Gasteiger partial charge >= 0.3 is 0 Å². The molecular weight excluding hydrogens is 208 g/mol. The van der Waals surface area contributed by atoms with Crippen molar-refractivity contribution in [1.82, 2.24) is 19.7 Å². The van der Waals surface area contributed by atoms with Gasteiger partial charge in [-0.1, -0.05) is 0 Å². The number of aliphatic hydroxyl groups is 1. The topological polar surface area (TPSA) is 73.1 Å². The minimum Gasteiger partial charge on any atom is -0.481 e. The fourth-order valence-electron chi connectivity index (χ4n) is 1.35. The third-order valence-corrected chi connectivity index (χ3v) is 2.17. The van der Waals surface area contributed by atoms with E-state index in [9.17, 15) is 5.11 Å². The van der Waals surface area contributed by atoms with E-state index in [-0.39, 0.29) is 0 Å². The quantitative estimate of drug-likeness (QED) is 0.805. The zero-order valence-corrected chi connectivity index (χ0v) is 9.03. The van der Waals surface area contributed by atoms with E-state index in [0.29, 0.717) is 17.3 Å². The van der Waals surface area contributed by atoms with Crippen LogP contribution in [0.3, 0.4) is 0 Å². The summed E-state index contributed by atoms with van der Waals surface area (Å²) in [5.41, 5.74) is 1.01. The number of ether oxygens (including phenoxy) is 1. The average Bonchev–Trinajstić information content (AvgIpc) is 2.75. The number of hydrogen-bond acceptors (Lipinski definition) is 5. The van der Waals surface area contributed by atoms with Crippen LogP contribution >= 0.6 is 0 Å². The van der Waals surface area contributed by atoms with Crippen molar-refractivity contribution < 1.29 is 9.84 Å². The molecule has 84 valence electrons. The van der Waals surface area contributed by atoms with Crippen molar-refractivity contribution in [1.29, 1.82) is 0 Å². The summed E-state index contributed by atoms with van der Waals surface area (Å²) in [5, 5.41) is 14.1. The van der Waals surface area contributed by atoms with Gasteiger partial charge in [-0.25, -0.2) is 9.97 Å². The molecule has 1 N–H and O–H groups in total. The maximum Gasteiger partial charge on any atom is 0.216 e. The molecule has 2 heterocycles. The summed E-state index contributed by atoms with van der Waals surface area (Å²) in [6.45, 7) is 0. The predicted molar refractivity (Wildman–Crippen MR) is 55.9 cm³/mol. The van der Waals surface area contributed by atoms with Crippen LogP contribution < -0.4 is 4.74 Å². The first-order valence-electron chi connectivity index (χ1n) is 4.74. The number of aromatic nitrogens is 4. The summed E-state index contributed by atoms with van der Waals surface area (Å²) in [7, 11) is 3.30. The molecule has 2 aromatic rings. The number of aliphatic hydroxyl groups excluding tert-OH is 1. The predicted octanol–water partition coefficient (Wildman–Crippen LogP) is 0.300. The molecule has 1 atom stereocenters. The zero-order valence-electron chi connectivity index (χ0n) is 9.03. The molecule has 1 unspecified atom stereocenters. The summed E-state index contributed by atoms with van der Waals surface area (Å²) in [5.74, 6) is 0.417. The molecular formula is C10H12N4O2. The van der Waals surface area contributed by atoms with Gasteiger partial charge in [-0.15, -0.1) is 0 Å². The number of methoxy groups -OCH3 is 1. The lowest BCUT2D eigenvalue weighted by atomic mass is 10.2. The Hall–Kier alpha value is -1.95. The Morgan fingerprint density at radius 3 is 2.81 bits per heavy atom. The Bertz CT molecular complexity index is 483. The van der Waals surface area contributed by atoms with Crippen LogP contribution in [0.2, 0.25) is 0 Å². The van der Waals surface area contributed by atoms with Gasteiger partial charge in [0.15, 0.2) is 0 Å². The van der Waals surface area contributed by atoms with Crippen molar-refractivity contribution in [2.75, 3.05) is 7.11 Å². The summed E-state index contributed by atoms with van der Waals surface area (Å²) in [6.07, 6.45) is 2.25. The molecule has 16 heavy (non-hydrogen) atoms. The molecule has 0 saturated carbocycles. The van der Waals surface area contributed by atoms with Gasteiger partial charge in [-0.05, 0) is 6.07 Å². The summed E-state index contributed by atoms with van der Waals surface area (Å²) in [6, 6.07) is 3.32. The first-order chi connectivity index (χ1) is 7.70. The Balaban J connectivity index is 2.29. The summed E-state index contributed by atoms with van der Waals surface area (Å²) in [4.78, 5) is 7.85. The van der Waals surface area contributed by atoms with E-state index in [0.717, 1.165) is 0 Å². The van der Waals surface area contributed by atoms with Gasteiger partial charge in [0.1, 0.15) is 12.4 Å². The summed E-state index contributed by atoms with van der Waals surface area (Å²) < 4.78 is 6.58. The van der Waals surface area contributed by atoms with E-state index in [1.54, 1.807) is 30.1 Å². The lowest BCUT2D eigenvalue weighted by molar-refractivity contribution is 0.208. The third-order valence-electron chi connectivity index (χ3n) is 2.17. The van der Waals surface area contributed by atoms with Gasteiger partial charge in [-0.3, -0.25) is 4.68 Å². The zero-order chi connectivity index (χ0) is 11.5. The van der Waals surface area contributed by atoms with Crippen LogP contribution in [0.5, 0.6) is 5.88 Å². The van der Waals surface area contributed by atoms with Gasteiger partial charge in [0, 0.05) is 19.3 Å². The Kier molecular flexibility index (Phi) is 2.82. The van der Waals surface area contributed by atoms with E-state index >= 15 is 0 Å². The maximum absolute atomic E-state index is 10.0. The van der Waals surface area contributed by atoms with Gasteiger partial charge in [0.05, 0.1) is 18.5 Å². The smallest absolute Gasteiger partial charge is 0.216 e. The normalized spacial score (nSPS) is 12.4. The van der Waals surface area contributed by atoms with Crippen LogP contribution in [0.4, 0.5) is 0 Å². The Labute approximate surface area is 92.5 Å². The van der Waals surface area contributed by atoms with Crippen molar-refractivity contribution in [3.8, 4) is 5.88 Å². The molecule has 0 spiro atoms. The second kappa shape index (κ2) is 4.28. The molecule has 0 amide bonds. The highest BCUT2D eigenvalue weighted by Gasteiger charge is 2.15. The maximum atomic E-state index is 10.0. The van der Waals surface area contributed by atoms with Crippen LogP contribution in [0, 0.1) is 0 Å². The number of nitrogens with zero attached hydrogens (tertiary/aromatic N) is 4. The van der Waals surface area contributed by atoms with E-state index in [1.165, 1.54) is 13.4 Å². The molecule has 0 bridgehead atoms. The van der Waals surface area contributed by atoms with Gasteiger partial charge in [0.25, 0.3) is 0 Å². The highest BCUT2D eigenvalue weighted by Crippen LogP contribution is 2.19. The molecule has 0 aliphatic heterocycles. The van der Waals surface area contributed by atoms with E-state index < -0.39 is 6.10 Å². The fraction of sp³-hybridized carbons (Fsp3) is 0.300. The second-order valence-corrected chi connectivity index (χ2v) is 3.30. The molecule has 6 heteroatoms. The van der Waals surface area contributed by atoms with Crippen molar-refractivity contribution >= 4 is 0 Å². The van der Waals surface area contributed by atoms with Crippen LogP contribution in [0.15, 0.2) is 24.7 Å². The van der Waals surface area contributed by atoms with Crippen molar-refractivity contribution in [3.63, 3.8) is 0 Å². The van der Waals surface area contributed by atoms with E-state index in [4.69, 9.17) is 4.74 Å². The molecule has 0 saturated heterocycles. The minimum atomic E-state index is -0.863. The molecule has 0 aromatic carbocycles. The van der Waals surface area contributed by atoms with Crippen molar-refractivity contribution in [3.05, 3.63) is 36.0 Å². The van der Waals surface area contributed by atoms with Crippen molar-refractivity contribution in [2.24, 2.45) is 7.05 Å². The molecule has 0 radical (unpaired) electrons. The van der Waals surface area contributed by atoms with Crippen LogP contribution in [0.1, 0.15) is 17.5 Å². The second-order valence-electron chi connectivity index (χ2n) is 3.30. The Morgan fingerprint density at radius 1 is 1.38 bits per heavy atom. The molecule has 0 aliphatic carbocycles. The number of rotatable bonds is 3. The van der Waals surface area contributed by atoms with E-state index in [1.807, 2.05) is 0 Å². The average molecular weight is 220 g/mol. The van der Waals surface area contributed by atoms with E-state index in [2.05, 4.69) is 15.1 Å². The van der Waals surface area contributed by atoms with Crippen LogP contribution in [-0.4, -0.2) is 32.0 Å². The van der Waals surface area contributed by atoms with Crippen LogP contribution in [-0.2, 0) is 7.05 Å². The molecule has 6 nitrogen and oxygen atoms in total. The minimum absolute atomic E-state index is 0.417. The van der Waals surface area contributed by atoms with Gasteiger partial charge in [0.2, 0.25) is 5.88 Å². The third kappa shape index (κ3) is 2.01. The monoisotopic (exact) mass is 220 g/mol. The fourth-order valence-corrected chi connectivity index (χ4v) is 1.35. The first-order valence-corrected chi connectivity index (χ1v) is 4.74. The summed E-state index contributed by atoms with van der Waals surface area (Å²) >= 11 is 0. The molecule has 0 fully saturated rings. The number of hydrogen-bond donors (Lipinski definition) is 1. The lowest BCUT2D eigenvalue weighted by Gasteiger charge is -2.07. The lowest BCUT2D eigenvalue weighted by Crippen LogP contribution is -2.05. The highest BCUT2D eigenvalue weighted by atomic mass is 16.5. The molecule has 2 aromatic heterocycles. The van der Waals surface area contributed by atoms with Gasteiger partial charge in [-0.2, -0.15) is 5.10 Å². The largest absolute Gasteiger partial charge is 0.481 e. The highest BCUT2D eigenvalue weighted by molar-refractivity contribution is 5.22. The molecule has 0 aliphatic rings. The van der Waals surface area contributed by atoms with Crippen LogP contribution in [0.25, 0.3) is 0 Å². The first kappa shape index (κ1) is 10.6. The SMILES string of the molecule is COc1cc(C(O)c2ccn(C)n2)ncn1. The van der Waals surface area contributed by atoms with Crippen molar-refractivity contribution in [2.45, 2.75) is 6.10 Å². The van der Waals surface area contributed by atoms with Gasteiger partial charge < -0.3 is 9.84 Å². The molecule has 2 rings (SSSR count).